The second-order valence-corrected chi connectivity index (χ2v) is 6.79. The van der Waals surface area contributed by atoms with E-state index >= 15 is 0 Å². The maximum Gasteiger partial charge on any atom is 0.170 e. The Kier molecular flexibility index (Phi) is 5.24. The number of nitrogens with two attached hydrogens (primary N) is 1. The van der Waals surface area contributed by atoms with Gasteiger partial charge in [-0.1, -0.05) is 29.4 Å². The molecule has 2 aromatic heterocycles. The number of hydrogen-bond acceptors (Lipinski definition) is 5. The van der Waals surface area contributed by atoms with Gasteiger partial charge in [0.1, 0.15) is 17.4 Å². The van der Waals surface area contributed by atoms with Crippen LogP contribution in [0.2, 0.25) is 0 Å². The first-order valence-corrected chi connectivity index (χ1v) is 9.18. The predicted octanol–water partition coefficient (Wildman–Crippen LogP) is 4.65. The third-order valence-electron chi connectivity index (χ3n) is 4.65. The van der Waals surface area contributed by atoms with Crippen molar-refractivity contribution >= 4 is 5.82 Å². The summed E-state index contributed by atoms with van der Waals surface area (Å²) in [6, 6.07) is 18.4. The predicted molar refractivity (Wildman–Crippen MR) is 109 cm³/mol. The minimum Gasteiger partial charge on any atom is -0.497 e. The molecule has 2 N–H and O–H groups in total. The summed E-state index contributed by atoms with van der Waals surface area (Å²) in [5.41, 5.74) is 10.5. The van der Waals surface area contributed by atoms with Gasteiger partial charge in [0.05, 0.1) is 18.4 Å². The molecular formula is C23H20FN3O2. The number of nitrogen functional groups attached to an aromatic ring is 1. The van der Waals surface area contributed by atoms with Crippen molar-refractivity contribution in [2.24, 2.45) is 0 Å². The van der Waals surface area contributed by atoms with Crippen LogP contribution in [0.25, 0.3) is 11.3 Å². The van der Waals surface area contributed by atoms with Gasteiger partial charge < -0.3 is 15.0 Å². The van der Waals surface area contributed by atoms with Crippen LogP contribution in [0.3, 0.4) is 0 Å². The lowest BCUT2D eigenvalue weighted by Crippen LogP contribution is -1.94. The van der Waals surface area contributed by atoms with Gasteiger partial charge >= 0.3 is 0 Å². The average molecular weight is 389 g/mol. The van der Waals surface area contributed by atoms with E-state index in [9.17, 15) is 4.39 Å². The van der Waals surface area contributed by atoms with E-state index in [0.29, 0.717) is 30.2 Å². The molecule has 0 atom stereocenters. The van der Waals surface area contributed by atoms with Crippen LogP contribution in [0.1, 0.15) is 22.4 Å². The van der Waals surface area contributed by atoms with Gasteiger partial charge in [-0.2, -0.15) is 0 Å². The van der Waals surface area contributed by atoms with Crippen LogP contribution >= 0.6 is 0 Å². The molecule has 146 valence electrons. The molecule has 4 aromatic rings. The number of benzene rings is 2. The zero-order chi connectivity index (χ0) is 20.2. The summed E-state index contributed by atoms with van der Waals surface area (Å²) >= 11 is 0. The molecule has 0 unspecified atom stereocenters. The van der Waals surface area contributed by atoms with Crippen LogP contribution in [0.4, 0.5) is 10.2 Å². The topological polar surface area (TPSA) is 74.2 Å². The van der Waals surface area contributed by atoms with Gasteiger partial charge in [-0.15, -0.1) is 0 Å². The largest absolute Gasteiger partial charge is 0.497 e. The second kappa shape index (κ2) is 8.14. The van der Waals surface area contributed by atoms with Crippen LogP contribution < -0.4 is 10.5 Å². The summed E-state index contributed by atoms with van der Waals surface area (Å²) < 4.78 is 24.2. The first-order valence-electron chi connectivity index (χ1n) is 9.18. The van der Waals surface area contributed by atoms with Gasteiger partial charge in [-0.3, -0.25) is 0 Å². The number of hydrogen-bond donors (Lipinski definition) is 1. The fourth-order valence-corrected chi connectivity index (χ4v) is 3.21. The molecule has 4 rings (SSSR count). The van der Waals surface area contributed by atoms with Crippen molar-refractivity contribution in [1.29, 1.82) is 0 Å². The zero-order valence-electron chi connectivity index (χ0n) is 15.9. The molecule has 0 fully saturated rings. The quantitative estimate of drug-likeness (QED) is 0.520. The first-order chi connectivity index (χ1) is 14.1. The molecule has 2 heterocycles. The van der Waals surface area contributed by atoms with E-state index in [4.69, 9.17) is 15.0 Å². The summed E-state index contributed by atoms with van der Waals surface area (Å²) in [7, 11) is 1.53. The summed E-state index contributed by atoms with van der Waals surface area (Å²) in [4.78, 5) is 4.07. The van der Waals surface area contributed by atoms with Crippen molar-refractivity contribution < 1.29 is 13.7 Å². The molecule has 0 bridgehead atoms. The Bertz CT molecular complexity index is 1120. The number of anilines is 1. The van der Waals surface area contributed by atoms with Crippen molar-refractivity contribution in [2.45, 2.75) is 12.8 Å². The van der Waals surface area contributed by atoms with Crippen LogP contribution in [0.5, 0.6) is 5.75 Å². The molecule has 0 aliphatic heterocycles. The van der Waals surface area contributed by atoms with E-state index in [1.165, 1.54) is 19.2 Å². The molecular weight excluding hydrogens is 369 g/mol. The number of halogens is 1. The number of ether oxygens (including phenoxy) is 1. The SMILES string of the molecule is COc1cc(F)cc(Cc2ccc(Cc3cc(-c4cccnc4N)on3)cc2)c1. The average Bonchev–Trinajstić information content (AvgIpc) is 3.17. The van der Waals surface area contributed by atoms with Gasteiger partial charge in [0.2, 0.25) is 0 Å². The molecule has 0 saturated carbocycles. The monoisotopic (exact) mass is 389 g/mol. The Labute approximate surface area is 168 Å². The summed E-state index contributed by atoms with van der Waals surface area (Å²) in [6.45, 7) is 0. The minimum atomic E-state index is -0.299. The molecule has 6 heteroatoms. The maximum absolute atomic E-state index is 13.7. The highest BCUT2D eigenvalue weighted by atomic mass is 19.1. The highest BCUT2D eigenvalue weighted by Gasteiger charge is 2.11. The number of rotatable bonds is 6. The molecule has 0 aliphatic rings. The Balaban J connectivity index is 1.45. The Morgan fingerprint density at radius 3 is 2.45 bits per heavy atom. The number of pyridine rings is 1. The molecule has 0 saturated heterocycles. The Morgan fingerprint density at radius 1 is 0.966 bits per heavy atom. The molecule has 2 aromatic carbocycles. The van der Waals surface area contributed by atoms with Crippen LogP contribution in [0.15, 0.2) is 71.4 Å². The highest BCUT2D eigenvalue weighted by Crippen LogP contribution is 2.25. The molecule has 0 aliphatic carbocycles. The lowest BCUT2D eigenvalue weighted by atomic mass is 10.0. The Morgan fingerprint density at radius 2 is 1.72 bits per heavy atom. The standard InChI is InChI=1S/C23H20FN3O2/c1-28-20-12-17(10-18(24)13-20)9-15-4-6-16(7-5-15)11-19-14-22(29-27-19)21-3-2-8-26-23(21)25/h2-8,10,12-14H,9,11H2,1H3,(H2,25,26). The summed E-state index contributed by atoms with van der Waals surface area (Å²) in [5, 5.41) is 4.13. The van der Waals surface area contributed by atoms with Gasteiger partial charge in [-0.25, -0.2) is 9.37 Å². The third-order valence-corrected chi connectivity index (χ3v) is 4.65. The second-order valence-electron chi connectivity index (χ2n) is 6.79. The zero-order valence-corrected chi connectivity index (χ0v) is 15.9. The first kappa shape index (κ1) is 18.7. The normalized spacial score (nSPS) is 10.8. The molecule has 0 amide bonds. The van der Waals surface area contributed by atoms with Crippen LogP contribution in [0, 0.1) is 5.82 Å². The molecule has 5 nitrogen and oxygen atoms in total. The number of nitrogens with zero attached hydrogens (tertiary/aromatic N) is 2. The molecule has 29 heavy (non-hydrogen) atoms. The van der Waals surface area contributed by atoms with Gasteiger partial charge in [-0.05, 0) is 47.4 Å². The number of methoxy groups -OCH3 is 1. The van der Waals surface area contributed by atoms with E-state index in [2.05, 4.69) is 10.1 Å². The minimum absolute atomic E-state index is 0.299. The van der Waals surface area contributed by atoms with Crippen molar-refractivity contribution in [3.05, 3.63) is 95.1 Å². The third kappa shape index (κ3) is 4.43. The van der Waals surface area contributed by atoms with Crippen molar-refractivity contribution in [1.82, 2.24) is 10.1 Å². The highest BCUT2D eigenvalue weighted by molar-refractivity contribution is 5.69. The van der Waals surface area contributed by atoms with Crippen molar-refractivity contribution in [2.75, 3.05) is 12.8 Å². The summed E-state index contributed by atoms with van der Waals surface area (Å²) in [5.74, 6) is 1.23. The summed E-state index contributed by atoms with van der Waals surface area (Å²) in [6.07, 6.45) is 2.90. The lowest BCUT2D eigenvalue weighted by molar-refractivity contribution is 0.410. The fourth-order valence-electron chi connectivity index (χ4n) is 3.21. The fraction of sp³-hybridized carbons (Fsp3) is 0.130. The van der Waals surface area contributed by atoms with E-state index in [-0.39, 0.29) is 5.82 Å². The number of aromatic nitrogens is 2. The van der Waals surface area contributed by atoms with Gasteiger partial charge in [0.15, 0.2) is 5.76 Å². The van der Waals surface area contributed by atoms with Crippen LogP contribution in [-0.4, -0.2) is 17.3 Å². The van der Waals surface area contributed by atoms with E-state index < -0.39 is 0 Å². The van der Waals surface area contributed by atoms with E-state index in [1.54, 1.807) is 12.3 Å². The lowest BCUT2D eigenvalue weighted by Gasteiger charge is -2.06. The van der Waals surface area contributed by atoms with Gasteiger partial charge in [0.25, 0.3) is 0 Å². The van der Waals surface area contributed by atoms with Crippen LogP contribution in [-0.2, 0) is 12.8 Å². The molecule has 0 radical (unpaired) electrons. The smallest absolute Gasteiger partial charge is 0.170 e. The van der Waals surface area contributed by atoms with Crippen molar-refractivity contribution in [3.63, 3.8) is 0 Å². The van der Waals surface area contributed by atoms with E-state index in [1.807, 2.05) is 42.5 Å². The van der Waals surface area contributed by atoms with E-state index in [0.717, 1.165) is 27.9 Å². The molecule has 0 spiro atoms. The van der Waals surface area contributed by atoms with Crippen molar-refractivity contribution in [3.8, 4) is 17.1 Å². The van der Waals surface area contributed by atoms with Gasteiger partial charge in [0, 0.05) is 24.8 Å². The maximum atomic E-state index is 13.7. The Hall–Kier alpha value is -3.67.